The van der Waals surface area contributed by atoms with Crippen molar-refractivity contribution in [3.63, 3.8) is 0 Å². The maximum Gasteiger partial charge on any atom is 0.232 e. The standard InChI is InChI=1S/C17H23BrN6OS/c1-3-19-16(20-10-13-4-9-26-12-13)23-5-7-24(8-6-23)17-21-11-14(18)15(22-17)25-2/h4,9,11-12H,3,5-8,10H2,1-2H3,(H,19,20). The van der Waals surface area contributed by atoms with Crippen molar-refractivity contribution in [1.82, 2.24) is 20.2 Å². The van der Waals surface area contributed by atoms with Gasteiger partial charge in [-0.25, -0.2) is 9.98 Å². The second-order valence-corrected chi connectivity index (χ2v) is 7.44. The molecule has 3 heterocycles. The number of guanidine groups is 1. The smallest absolute Gasteiger partial charge is 0.232 e. The van der Waals surface area contributed by atoms with Crippen molar-refractivity contribution < 1.29 is 4.74 Å². The fraction of sp³-hybridized carbons (Fsp3) is 0.471. The van der Waals surface area contributed by atoms with Crippen LogP contribution in [0.3, 0.4) is 0 Å². The zero-order valence-electron chi connectivity index (χ0n) is 15.0. The topological polar surface area (TPSA) is 65.9 Å². The molecule has 140 valence electrons. The Labute approximate surface area is 166 Å². The van der Waals surface area contributed by atoms with Gasteiger partial charge >= 0.3 is 0 Å². The molecular formula is C17H23BrN6OS. The van der Waals surface area contributed by atoms with E-state index in [0.29, 0.717) is 18.4 Å². The molecule has 0 unspecified atom stereocenters. The highest BCUT2D eigenvalue weighted by Crippen LogP contribution is 2.23. The van der Waals surface area contributed by atoms with Crippen LogP contribution in [0.5, 0.6) is 5.88 Å². The molecule has 0 amide bonds. The summed E-state index contributed by atoms with van der Waals surface area (Å²) < 4.78 is 6.03. The molecule has 1 fully saturated rings. The van der Waals surface area contributed by atoms with Crippen molar-refractivity contribution in [1.29, 1.82) is 0 Å². The lowest BCUT2D eigenvalue weighted by Gasteiger charge is -2.36. The third kappa shape index (κ3) is 4.64. The molecule has 1 N–H and O–H groups in total. The molecular weight excluding hydrogens is 416 g/mol. The van der Waals surface area contributed by atoms with Gasteiger partial charge in [0.1, 0.15) is 0 Å². The molecule has 2 aromatic rings. The molecule has 0 aliphatic carbocycles. The van der Waals surface area contributed by atoms with E-state index in [9.17, 15) is 0 Å². The predicted molar refractivity (Wildman–Crippen MR) is 109 cm³/mol. The summed E-state index contributed by atoms with van der Waals surface area (Å²) in [4.78, 5) is 18.1. The van der Waals surface area contributed by atoms with Crippen LogP contribution in [0.4, 0.5) is 5.95 Å². The number of nitrogens with one attached hydrogen (secondary N) is 1. The van der Waals surface area contributed by atoms with Gasteiger partial charge in [-0.05, 0) is 45.2 Å². The van der Waals surface area contributed by atoms with Gasteiger partial charge in [0.05, 0.1) is 24.3 Å². The van der Waals surface area contributed by atoms with Crippen molar-refractivity contribution in [2.24, 2.45) is 4.99 Å². The Hall–Kier alpha value is -1.87. The first-order valence-corrected chi connectivity index (χ1v) is 10.3. The average Bonchev–Trinajstić information content (AvgIpc) is 3.19. The van der Waals surface area contributed by atoms with Gasteiger partial charge in [-0.1, -0.05) is 0 Å². The lowest BCUT2D eigenvalue weighted by molar-refractivity contribution is 0.366. The van der Waals surface area contributed by atoms with E-state index in [2.05, 4.69) is 64.8 Å². The minimum Gasteiger partial charge on any atom is -0.480 e. The van der Waals surface area contributed by atoms with Crippen LogP contribution in [-0.2, 0) is 6.54 Å². The van der Waals surface area contributed by atoms with Crippen LogP contribution in [0.2, 0.25) is 0 Å². The summed E-state index contributed by atoms with van der Waals surface area (Å²) >= 11 is 5.10. The van der Waals surface area contributed by atoms with Gasteiger partial charge < -0.3 is 19.9 Å². The average molecular weight is 439 g/mol. The highest BCUT2D eigenvalue weighted by molar-refractivity contribution is 9.10. The van der Waals surface area contributed by atoms with Crippen LogP contribution in [-0.4, -0.2) is 60.7 Å². The summed E-state index contributed by atoms with van der Waals surface area (Å²) in [5, 5.41) is 7.63. The van der Waals surface area contributed by atoms with Gasteiger partial charge in [0.15, 0.2) is 5.96 Å². The molecule has 0 saturated carbocycles. The van der Waals surface area contributed by atoms with Gasteiger partial charge in [0, 0.05) is 32.7 Å². The van der Waals surface area contributed by atoms with E-state index in [1.165, 1.54) is 5.56 Å². The van der Waals surface area contributed by atoms with E-state index < -0.39 is 0 Å². The Kier molecular flexibility index (Phi) is 6.67. The monoisotopic (exact) mass is 438 g/mol. The highest BCUT2D eigenvalue weighted by Gasteiger charge is 2.22. The number of anilines is 1. The van der Waals surface area contributed by atoms with E-state index in [1.54, 1.807) is 24.6 Å². The predicted octanol–water partition coefficient (Wildman–Crippen LogP) is 2.60. The number of halogens is 1. The van der Waals surface area contributed by atoms with Crippen LogP contribution in [0, 0.1) is 0 Å². The maximum atomic E-state index is 5.27. The van der Waals surface area contributed by atoms with E-state index in [-0.39, 0.29) is 0 Å². The van der Waals surface area contributed by atoms with Crippen LogP contribution >= 0.6 is 27.3 Å². The highest BCUT2D eigenvalue weighted by atomic mass is 79.9. The molecule has 3 rings (SSSR count). The van der Waals surface area contributed by atoms with Gasteiger partial charge in [0.2, 0.25) is 11.8 Å². The second-order valence-electron chi connectivity index (χ2n) is 5.80. The molecule has 0 radical (unpaired) electrons. The normalized spacial score (nSPS) is 15.3. The number of hydrogen-bond acceptors (Lipinski definition) is 6. The number of hydrogen-bond donors (Lipinski definition) is 1. The zero-order valence-corrected chi connectivity index (χ0v) is 17.4. The lowest BCUT2D eigenvalue weighted by atomic mass is 10.3. The van der Waals surface area contributed by atoms with Gasteiger partial charge in [-0.2, -0.15) is 16.3 Å². The molecule has 1 saturated heterocycles. The van der Waals surface area contributed by atoms with Gasteiger partial charge in [-0.3, -0.25) is 0 Å². The minimum absolute atomic E-state index is 0.558. The molecule has 1 aliphatic rings. The first-order chi connectivity index (χ1) is 12.7. The fourth-order valence-electron chi connectivity index (χ4n) is 2.73. The summed E-state index contributed by atoms with van der Waals surface area (Å²) in [5.41, 5.74) is 1.25. The molecule has 1 aliphatic heterocycles. The number of rotatable bonds is 5. The number of thiophene rings is 1. The molecule has 0 aromatic carbocycles. The molecule has 7 nitrogen and oxygen atoms in total. The Bertz CT molecular complexity index is 731. The Morgan fingerprint density at radius 3 is 2.85 bits per heavy atom. The summed E-state index contributed by atoms with van der Waals surface area (Å²) in [5.74, 6) is 2.22. The number of ether oxygens (including phenoxy) is 1. The maximum absolute atomic E-state index is 5.27. The first-order valence-electron chi connectivity index (χ1n) is 8.57. The van der Waals surface area contributed by atoms with E-state index >= 15 is 0 Å². The van der Waals surface area contributed by atoms with Crippen LogP contribution in [0.25, 0.3) is 0 Å². The first kappa shape index (κ1) is 18.9. The number of aliphatic imine (C=N–C) groups is 1. The molecule has 0 bridgehead atoms. The Morgan fingerprint density at radius 2 is 2.19 bits per heavy atom. The van der Waals surface area contributed by atoms with Crippen molar-refractivity contribution >= 4 is 39.2 Å². The van der Waals surface area contributed by atoms with Crippen LogP contribution in [0.15, 0.2) is 32.5 Å². The van der Waals surface area contributed by atoms with Crippen LogP contribution < -0.4 is 15.0 Å². The van der Waals surface area contributed by atoms with Crippen molar-refractivity contribution in [3.05, 3.63) is 33.1 Å². The van der Waals surface area contributed by atoms with Gasteiger partial charge in [-0.15, -0.1) is 0 Å². The summed E-state index contributed by atoms with van der Waals surface area (Å²) in [6, 6.07) is 2.12. The van der Waals surface area contributed by atoms with E-state index in [0.717, 1.165) is 43.2 Å². The van der Waals surface area contributed by atoms with E-state index in [4.69, 9.17) is 9.73 Å². The molecule has 9 heteroatoms. The van der Waals surface area contributed by atoms with E-state index in [1.807, 2.05) is 0 Å². The van der Waals surface area contributed by atoms with Crippen molar-refractivity contribution in [3.8, 4) is 5.88 Å². The lowest BCUT2D eigenvalue weighted by Crippen LogP contribution is -2.53. The molecule has 26 heavy (non-hydrogen) atoms. The summed E-state index contributed by atoms with van der Waals surface area (Å²) in [7, 11) is 1.61. The minimum atomic E-state index is 0.558. The number of nitrogens with zero attached hydrogens (tertiary/aromatic N) is 5. The Balaban J connectivity index is 1.63. The zero-order chi connectivity index (χ0) is 18.4. The van der Waals surface area contributed by atoms with Crippen molar-refractivity contribution in [2.45, 2.75) is 13.5 Å². The van der Waals surface area contributed by atoms with Crippen LogP contribution in [0.1, 0.15) is 12.5 Å². The third-order valence-corrected chi connectivity index (χ3v) is 5.36. The summed E-state index contributed by atoms with van der Waals surface area (Å²) in [6.07, 6.45) is 1.74. The molecule has 2 aromatic heterocycles. The number of aromatic nitrogens is 2. The quantitative estimate of drug-likeness (QED) is 0.571. The number of methoxy groups -OCH3 is 1. The SMILES string of the molecule is CCNC(=NCc1ccsc1)N1CCN(c2ncc(Br)c(OC)n2)CC1. The summed E-state index contributed by atoms with van der Waals surface area (Å²) in [6.45, 7) is 7.09. The number of piperazine rings is 1. The second kappa shape index (κ2) is 9.18. The molecule has 0 atom stereocenters. The third-order valence-electron chi connectivity index (χ3n) is 4.08. The Morgan fingerprint density at radius 1 is 1.38 bits per heavy atom. The largest absolute Gasteiger partial charge is 0.480 e. The molecule has 0 spiro atoms. The van der Waals surface area contributed by atoms with Crippen molar-refractivity contribution in [2.75, 3.05) is 44.7 Å². The van der Waals surface area contributed by atoms with Gasteiger partial charge in [0.25, 0.3) is 0 Å². The fourth-order valence-corrected chi connectivity index (χ4v) is 3.74.